The van der Waals surface area contributed by atoms with Crippen LogP contribution < -0.4 is 11.1 Å². The number of benzene rings is 1. The third-order valence-electron chi connectivity index (χ3n) is 2.71. The number of aliphatic hydroxyl groups excluding tert-OH is 2. The average Bonchev–Trinajstić information content (AvgIpc) is 2.25. The maximum absolute atomic E-state index is 10.0. The molecule has 0 aromatic heterocycles. The highest BCUT2D eigenvalue weighted by Gasteiger charge is 2.21. The van der Waals surface area contributed by atoms with E-state index in [2.05, 4.69) is 5.32 Å². The largest absolute Gasteiger partial charge is 0.398 e. The van der Waals surface area contributed by atoms with Gasteiger partial charge in [0.2, 0.25) is 0 Å². The molecule has 1 aromatic rings. The Labute approximate surface area is 96.1 Å². The van der Waals surface area contributed by atoms with Gasteiger partial charge in [0.1, 0.15) is 6.10 Å². The molecule has 1 aromatic carbocycles. The van der Waals surface area contributed by atoms with Crippen molar-refractivity contribution in [3.05, 3.63) is 29.3 Å². The van der Waals surface area contributed by atoms with Gasteiger partial charge in [0.05, 0.1) is 6.10 Å². The molecule has 0 spiro atoms. The Bertz CT molecular complexity index is 322. The van der Waals surface area contributed by atoms with E-state index in [1.54, 1.807) is 13.1 Å². The van der Waals surface area contributed by atoms with E-state index in [1.165, 1.54) is 0 Å². The summed E-state index contributed by atoms with van der Waals surface area (Å²) in [6.07, 6.45) is -1.23. The summed E-state index contributed by atoms with van der Waals surface area (Å²) < 4.78 is 0. The van der Waals surface area contributed by atoms with E-state index in [0.29, 0.717) is 24.2 Å². The molecular formula is C12H20N2O2. The minimum Gasteiger partial charge on any atom is -0.398 e. The van der Waals surface area contributed by atoms with Crippen LogP contribution in [0.4, 0.5) is 5.69 Å². The Morgan fingerprint density at radius 3 is 2.62 bits per heavy atom. The first-order valence-electron chi connectivity index (χ1n) is 5.43. The lowest BCUT2D eigenvalue weighted by atomic mass is 9.96. The molecule has 0 saturated heterocycles. The number of nitrogen functional groups attached to an aromatic ring is 1. The van der Waals surface area contributed by atoms with E-state index in [0.717, 1.165) is 5.56 Å². The predicted molar refractivity (Wildman–Crippen MR) is 65.1 cm³/mol. The first-order chi connectivity index (χ1) is 7.57. The highest BCUT2D eigenvalue weighted by molar-refractivity contribution is 5.52. The van der Waals surface area contributed by atoms with Crippen LogP contribution in [0, 0.1) is 6.92 Å². The van der Waals surface area contributed by atoms with E-state index in [-0.39, 0.29) is 0 Å². The molecule has 16 heavy (non-hydrogen) atoms. The second-order valence-corrected chi connectivity index (χ2v) is 3.98. The highest BCUT2D eigenvalue weighted by atomic mass is 16.3. The van der Waals surface area contributed by atoms with Crippen molar-refractivity contribution in [2.75, 3.05) is 19.3 Å². The van der Waals surface area contributed by atoms with Gasteiger partial charge in [-0.25, -0.2) is 0 Å². The SMILES string of the molecule is CNCCC(O)C(O)c1c(C)cccc1N. The summed E-state index contributed by atoms with van der Waals surface area (Å²) in [7, 11) is 1.81. The van der Waals surface area contributed by atoms with Crippen molar-refractivity contribution in [1.29, 1.82) is 0 Å². The summed E-state index contributed by atoms with van der Waals surface area (Å²) in [5, 5.41) is 22.8. The van der Waals surface area contributed by atoms with Crippen LogP contribution >= 0.6 is 0 Å². The number of nitrogens with two attached hydrogens (primary N) is 1. The first kappa shape index (κ1) is 13.0. The molecule has 0 aliphatic carbocycles. The number of hydrogen-bond acceptors (Lipinski definition) is 4. The minimum absolute atomic E-state index is 0.492. The topological polar surface area (TPSA) is 78.5 Å². The fourth-order valence-electron chi connectivity index (χ4n) is 1.75. The lowest BCUT2D eigenvalue weighted by Crippen LogP contribution is -2.24. The molecule has 5 N–H and O–H groups in total. The van der Waals surface area contributed by atoms with Gasteiger partial charge in [0, 0.05) is 11.3 Å². The van der Waals surface area contributed by atoms with Crippen LogP contribution in [0.5, 0.6) is 0 Å². The molecule has 0 aliphatic heterocycles. The summed E-state index contributed by atoms with van der Waals surface area (Å²) in [6.45, 7) is 2.53. The predicted octanol–water partition coefficient (Wildman–Crippen LogP) is 0.581. The molecule has 0 bridgehead atoms. The first-order valence-corrected chi connectivity index (χ1v) is 5.43. The van der Waals surface area contributed by atoms with Crippen LogP contribution in [0.2, 0.25) is 0 Å². The van der Waals surface area contributed by atoms with Gasteiger partial charge in [-0.3, -0.25) is 0 Å². The van der Waals surface area contributed by atoms with Gasteiger partial charge < -0.3 is 21.3 Å². The van der Waals surface area contributed by atoms with Gasteiger partial charge in [0.25, 0.3) is 0 Å². The molecular weight excluding hydrogens is 204 g/mol. The van der Waals surface area contributed by atoms with E-state index in [1.807, 2.05) is 19.1 Å². The van der Waals surface area contributed by atoms with Crippen LogP contribution in [0.15, 0.2) is 18.2 Å². The van der Waals surface area contributed by atoms with Crippen molar-refractivity contribution in [2.24, 2.45) is 0 Å². The zero-order valence-corrected chi connectivity index (χ0v) is 9.77. The molecule has 0 amide bonds. The van der Waals surface area contributed by atoms with Gasteiger partial charge in [-0.2, -0.15) is 0 Å². The summed E-state index contributed by atoms with van der Waals surface area (Å²) in [5.41, 5.74) is 7.86. The van der Waals surface area contributed by atoms with E-state index >= 15 is 0 Å². The van der Waals surface area contributed by atoms with Crippen LogP contribution in [-0.2, 0) is 0 Å². The molecule has 4 heteroatoms. The number of aliphatic hydroxyl groups is 2. The van der Waals surface area contributed by atoms with Gasteiger partial charge >= 0.3 is 0 Å². The maximum atomic E-state index is 10.0. The summed E-state index contributed by atoms with van der Waals surface area (Å²) in [4.78, 5) is 0. The molecule has 2 unspecified atom stereocenters. The zero-order valence-electron chi connectivity index (χ0n) is 9.77. The fraction of sp³-hybridized carbons (Fsp3) is 0.500. The van der Waals surface area contributed by atoms with E-state index in [4.69, 9.17) is 5.73 Å². The number of rotatable bonds is 5. The Hall–Kier alpha value is -1.10. The Kier molecular flexibility index (Phi) is 4.73. The van der Waals surface area contributed by atoms with Crippen molar-refractivity contribution >= 4 is 5.69 Å². The smallest absolute Gasteiger partial charge is 0.107 e. The standard InChI is InChI=1S/C12H20N2O2/c1-8-4-3-5-9(13)11(8)12(16)10(15)6-7-14-2/h3-5,10,12,14-16H,6-7,13H2,1-2H3. The van der Waals surface area contributed by atoms with Crippen LogP contribution in [0.25, 0.3) is 0 Å². The van der Waals surface area contributed by atoms with Crippen molar-refractivity contribution < 1.29 is 10.2 Å². The van der Waals surface area contributed by atoms with Gasteiger partial charge in [-0.1, -0.05) is 12.1 Å². The Balaban J connectivity index is 2.82. The summed E-state index contributed by atoms with van der Waals surface area (Å²) in [6, 6.07) is 5.44. The summed E-state index contributed by atoms with van der Waals surface area (Å²) in [5.74, 6) is 0. The molecule has 0 aliphatic rings. The molecule has 0 saturated carbocycles. The molecule has 2 atom stereocenters. The second kappa shape index (κ2) is 5.84. The van der Waals surface area contributed by atoms with E-state index < -0.39 is 12.2 Å². The van der Waals surface area contributed by atoms with Gasteiger partial charge in [0.15, 0.2) is 0 Å². The number of aryl methyl sites for hydroxylation is 1. The lowest BCUT2D eigenvalue weighted by molar-refractivity contribution is 0.0141. The fourth-order valence-corrected chi connectivity index (χ4v) is 1.75. The van der Waals surface area contributed by atoms with Gasteiger partial charge in [-0.05, 0) is 38.6 Å². The third kappa shape index (κ3) is 2.95. The lowest BCUT2D eigenvalue weighted by Gasteiger charge is -2.21. The van der Waals surface area contributed by atoms with Crippen molar-refractivity contribution in [3.63, 3.8) is 0 Å². The number of nitrogens with one attached hydrogen (secondary N) is 1. The molecule has 0 heterocycles. The number of anilines is 1. The van der Waals surface area contributed by atoms with Crippen LogP contribution in [0.1, 0.15) is 23.7 Å². The molecule has 1 rings (SSSR count). The summed E-state index contributed by atoms with van der Waals surface area (Å²) >= 11 is 0. The van der Waals surface area contributed by atoms with Crippen molar-refractivity contribution in [1.82, 2.24) is 5.32 Å². The van der Waals surface area contributed by atoms with Gasteiger partial charge in [-0.15, -0.1) is 0 Å². The molecule has 90 valence electrons. The quantitative estimate of drug-likeness (QED) is 0.552. The third-order valence-corrected chi connectivity index (χ3v) is 2.71. The average molecular weight is 224 g/mol. The monoisotopic (exact) mass is 224 g/mol. The minimum atomic E-state index is -0.922. The highest BCUT2D eigenvalue weighted by Crippen LogP contribution is 2.27. The molecule has 0 fully saturated rings. The molecule has 0 radical (unpaired) electrons. The normalized spacial score (nSPS) is 14.8. The van der Waals surface area contributed by atoms with Crippen molar-refractivity contribution in [2.45, 2.75) is 25.6 Å². The number of hydrogen-bond donors (Lipinski definition) is 4. The Morgan fingerprint density at radius 1 is 1.38 bits per heavy atom. The van der Waals surface area contributed by atoms with Crippen LogP contribution in [-0.4, -0.2) is 29.9 Å². The second-order valence-electron chi connectivity index (χ2n) is 3.98. The van der Waals surface area contributed by atoms with Crippen LogP contribution in [0.3, 0.4) is 0 Å². The Morgan fingerprint density at radius 2 is 2.06 bits per heavy atom. The van der Waals surface area contributed by atoms with Crippen molar-refractivity contribution in [3.8, 4) is 0 Å². The maximum Gasteiger partial charge on any atom is 0.107 e. The van der Waals surface area contributed by atoms with E-state index in [9.17, 15) is 10.2 Å². The zero-order chi connectivity index (χ0) is 12.1. The molecule has 4 nitrogen and oxygen atoms in total.